The fourth-order valence-corrected chi connectivity index (χ4v) is 6.66. The largest absolute Gasteiger partial charge is 0.474 e. The van der Waals surface area contributed by atoms with Crippen LogP contribution in [0.15, 0.2) is 17.1 Å². The number of nitrogens with two attached hydrogens (primary N) is 1. The van der Waals surface area contributed by atoms with E-state index in [1.165, 1.54) is 28.6 Å². The van der Waals surface area contributed by atoms with Gasteiger partial charge in [-0.3, -0.25) is 27.7 Å². The molecule has 2 heterocycles. The molecule has 210 valence electrons. The minimum Gasteiger partial charge on any atom is -0.383 e. The smallest absolute Gasteiger partial charge is 0.383 e. The van der Waals surface area contributed by atoms with Gasteiger partial charge in [0, 0.05) is 34.3 Å². The van der Waals surface area contributed by atoms with E-state index in [-0.39, 0.29) is 47.4 Å². The minimum atomic E-state index is -4.02. The van der Waals surface area contributed by atoms with Crippen LogP contribution in [0.3, 0.4) is 0 Å². The average molecular weight is 598 g/mol. The zero-order valence-electron chi connectivity index (χ0n) is 22.0. The first-order valence-corrected chi connectivity index (χ1v) is 16.1. The fraction of sp³-hybridized carbons (Fsp3) is 0.727. The highest BCUT2D eigenvalue weighted by Gasteiger charge is 2.34. The van der Waals surface area contributed by atoms with Gasteiger partial charge in [-0.25, -0.2) is 9.36 Å². The first kappa shape index (κ1) is 32.4. The van der Waals surface area contributed by atoms with E-state index in [0.717, 1.165) is 23.5 Å². The molecule has 2 atom stereocenters. The number of phosphoric ester groups is 1. The molecule has 11 nitrogen and oxygen atoms in total. The summed E-state index contributed by atoms with van der Waals surface area (Å²) in [5, 5.41) is -0.0295. The van der Waals surface area contributed by atoms with Crippen molar-refractivity contribution in [2.45, 2.75) is 53.2 Å². The lowest BCUT2D eigenvalue weighted by Gasteiger charge is -2.21. The highest BCUT2D eigenvalue weighted by Crippen LogP contribution is 2.50. The van der Waals surface area contributed by atoms with Gasteiger partial charge in [-0.05, 0) is 6.07 Å². The normalized spacial score (nSPS) is 18.8. The van der Waals surface area contributed by atoms with Crippen molar-refractivity contribution < 1.29 is 32.5 Å². The summed E-state index contributed by atoms with van der Waals surface area (Å²) in [5.41, 5.74) is 3.45. The number of phosphoric acid groups is 1. The maximum atomic E-state index is 13.3. The van der Waals surface area contributed by atoms with Crippen molar-refractivity contribution in [3.63, 3.8) is 0 Å². The summed E-state index contributed by atoms with van der Waals surface area (Å²) in [7, 11) is -4.02. The van der Waals surface area contributed by atoms with E-state index in [2.05, 4.69) is 4.98 Å². The molecular formula is C22H36N3O8PS3. The zero-order chi connectivity index (χ0) is 27.9. The van der Waals surface area contributed by atoms with Gasteiger partial charge in [0.2, 0.25) is 0 Å². The Kier molecular flexibility index (Phi) is 12.2. The Hall–Kier alpha value is -0.860. The second kappa shape index (κ2) is 14.0. The predicted octanol–water partition coefficient (Wildman–Crippen LogP) is 4.18. The Morgan fingerprint density at radius 1 is 1.11 bits per heavy atom. The monoisotopic (exact) mass is 597 g/mol. The van der Waals surface area contributed by atoms with Gasteiger partial charge in [0.15, 0.2) is 10.2 Å². The van der Waals surface area contributed by atoms with Crippen molar-refractivity contribution in [2.24, 2.45) is 10.8 Å². The summed E-state index contributed by atoms with van der Waals surface area (Å²) in [6.45, 7) is 10.7. The van der Waals surface area contributed by atoms with Gasteiger partial charge in [-0.1, -0.05) is 65.1 Å². The summed E-state index contributed by atoms with van der Waals surface area (Å²) < 4.78 is 37.0. The van der Waals surface area contributed by atoms with Gasteiger partial charge >= 0.3 is 13.5 Å². The van der Waals surface area contributed by atoms with E-state index in [1.54, 1.807) is 0 Å². The number of carbonyl (C=O) groups excluding carboxylic acids is 2. The fourth-order valence-electron chi connectivity index (χ4n) is 2.59. The molecule has 0 saturated carbocycles. The summed E-state index contributed by atoms with van der Waals surface area (Å²) in [6.07, 6.45) is 0.920. The van der Waals surface area contributed by atoms with Crippen molar-refractivity contribution in [1.29, 1.82) is 0 Å². The van der Waals surface area contributed by atoms with Crippen molar-refractivity contribution >= 4 is 59.2 Å². The molecule has 0 amide bonds. The average Bonchev–Trinajstić information content (AvgIpc) is 3.25. The van der Waals surface area contributed by atoms with Crippen LogP contribution in [0.4, 0.5) is 5.82 Å². The van der Waals surface area contributed by atoms with Crippen molar-refractivity contribution in [1.82, 2.24) is 9.55 Å². The third-order valence-corrected chi connectivity index (χ3v) is 9.67. The second-order valence-corrected chi connectivity index (χ2v) is 15.1. The Balaban J connectivity index is 1.92. The Morgan fingerprint density at radius 2 is 1.65 bits per heavy atom. The first-order chi connectivity index (χ1) is 17.1. The molecule has 1 aliphatic heterocycles. The minimum absolute atomic E-state index is 0.0148. The first-order valence-electron chi connectivity index (χ1n) is 11.6. The Morgan fingerprint density at radius 3 is 2.14 bits per heavy atom. The SMILES string of the molecule is CC(C)(C)C(=O)SCCOP(=O)(OCCSC(=O)C(C)(C)C)OC[C@H]1O[C@@H](n2ccc(N)nc2=O)CS1. The van der Waals surface area contributed by atoms with Gasteiger partial charge in [0.1, 0.15) is 17.5 Å². The third kappa shape index (κ3) is 11.0. The maximum Gasteiger partial charge on any atom is 0.474 e. The van der Waals surface area contributed by atoms with Crippen molar-refractivity contribution in [2.75, 3.05) is 42.8 Å². The molecule has 37 heavy (non-hydrogen) atoms. The quantitative estimate of drug-likeness (QED) is 0.271. The Bertz CT molecular complexity index is 1000. The molecule has 15 heteroatoms. The number of anilines is 1. The van der Waals surface area contributed by atoms with E-state index >= 15 is 0 Å². The van der Waals surface area contributed by atoms with Gasteiger partial charge < -0.3 is 10.5 Å². The third-order valence-electron chi connectivity index (χ3n) is 4.62. The zero-order valence-corrected chi connectivity index (χ0v) is 25.3. The molecule has 1 aromatic heterocycles. The van der Waals surface area contributed by atoms with E-state index in [1.807, 2.05) is 41.5 Å². The second-order valence-electron chi connectivity index (χ2n) is 10.1. The number of nitrogens with zero attached hydrogens (tertiary/aromatic N) is 2. The van der Waals surface area contributed by atoms with E-state index in [4.69, 9.17) is 24.0 Å². The number of thioether (sulfide) groups is 3. The molecule has 1 fully saturated rings. The van der Waals surface area contributed by atoms with Crippen LogP contribution >= 0.6 is 43.1 Å². The highest BCUT2D eigenvalue weighted by atomic mass is 32.2. The van der Waals surface area contributed by atoms with Gasteiger partial charge in [-0.2, -0.15) is 4.98 Å². The molecule has 2 N–H and O–H groups in total. The van der Waals surface area contributed by atoms with Crippen LogP contribution < -0.4 is 11.4 Å². The number of rotatable bonds is 12. The lowest BCUT2D eigenvalue weighted by Crippen LogP contribution is -2.28. The maximum absolute atomic E-state index is 13.3. The van der Waals surface area contributed by atoms with Gasteiger partial charge in [0.25, 0.3) is 0 Å². The van der Waals surface area contributed by atoms with E-state index < -0.39 is 36.0 Å². The topological polar surface area (TPSA) is 149 Å². The summed E-state index contributed by atoms with van der Waals surface area (Å²) in [5.74, 6) is 1.11. The molecule has 1 aromatic rings. The van der Waals surface area contributed by atoms with Crippen LogP contribution in [0, 0.1) is 10.8 Å². The molecule has 0 bridgehead atoms. The van der Waals surface area contributed by atoms with E-state index in [9.17, 15) is 18.9 Å². The van der Waals surface area contributed by atoms with Crippen LogP contribution in [-0.4, -0.2) is 62.3 Å². The van der Waals surface area contributed by atoms with E-state index in [0.29, 0.717) is 5.75 Å². The van der Waals surface area contributed by atoms with Gasteiger partial charge in [0.05, 0.1) is 19.8 Å². The molecular weight excluding hydrogens is 561 g/mol. The van der Waals surface area contributed by atoms with Crippen LogP contribution in [0.5, 0.6) is 0 Å². The number of nitrogen functional groups attached to an aromatic ring is 1. The Labute approximate surface area is 230 Å². The molecule has 0 aliphatic carbocycles. The molecule has 1 aliphatic rings. The summed E-state index contributed by atoms with van der Waals surface area (Å²) in [4.78, 5) is 40.0. The van der Waals surface area contributed by atoms with Crippen LogP contribution in [0.1, 0.15) is 47.8 Å². The molecule has 0 spiro atoms. The van der Waals surface area contributed by atoms with Gasteiger partial charge in [-0.15, -0.1) is 11.8 Å². The standard InChI is InChI=1S/C22H36N3O8PS3/c1-21(2,3)18(26)35-11-9-30-34(29,31-10-12-36-19(27)22(4,5)6)32-13-17-33-16(14-37-17)25-8-7-15(23)24-20(25)28/h7-8,16-17H,9-14H2,1-6H3,(H2,23,24,28)/t16-,17+/m1/s1. The molecule has 1 saturated heterocycles. The van der Waals surface area contributed by atoms with Crippen LogP contribution in [-0.2, 0) is 32.5 Å². The lowest BCUT2D eigenvalue weighted by atomic mass is 9.99. The van der Waals surface area contributed by atoms with Crippen molar-refractivity contribution in [3.8, 4) is 0 Å². The van der Waals surface area contributed by atoms with Crippen LogP contribution in [0.2, 0.25) is 0 Å². The highest BCUT2D eigenvalue weighted by molar-refractivity contribution is 8.14. The number of hydrogen-bond donors (Lipinski definition) is 1. The number of carbonyl (C=O) groups is 2. The van der Waals surface area contributed by atoms with Crippen molar-refractivity contribution in [3.05, 3.63) is 22.7 Å². The van der Waals surface area contributed by atoms with Crippen LogP contribution in [0.25, 0.3) is 0 Å². The summed E-state index contributed by atoms with van der Waals surface area (Å²) >= 11 is 3.54. The number of ether oxygens (including phenoxy) is 1. The molecule has 0 aromatic carbocycles. The number of aromatic nitrogens is 2. The summed E-state index contributed by atoms with van der Waals surface area (Å²) in [6, 6.07) is 1.50. The lowest BCUT2D eigenvalue weighted by molar-refractivity contribution is -0.118. The predicted molar refractivity (Wildman–Crippen MR) is 149 cm³/mol. The molecule has 0 unspecified atom stereocenters. The number of hydrogen-bond acceptors (Lipinski definition) is 13. The molecule has 0 radical (unpaired) electrons. The molecule has 2 rings (SSSR count).